The van der Waals surface area contributed by atoms with Crippen LogP contribution in [0.25, 0.3) is 0 Å². The highest BCUT2D eigenvalue weighted by Crippen LogP contribution is 2.37. The van der Waals surface area contributed by atoms with Crippen molar-refractivity contribution in [3.05, 3.63) is 92.1 Å². The van der Waals surface area contributed by atoms with Gasteiger partial charge in [0.2, 0.25) is 23.9 Å². The Morgan fingerprint density at radius 3 is 2.26 bits per heavy atom. The number of pyridine rings is 1. The molecule has 1 aromatic heterocycles. The SMILES string of the molecule is COc1cc([C@H]2OC(c3ccc([N+](=O)[O-])cc3)=NN2C(C)=O)ccc1Oc1ccc([N+](=O)[O-])cn1. The van der Waals surface area contributed by atoms with Gasteiger partial charge in [-0.05, 0) is 30.3 Å². The predicted octanol–water partition coefficient (Wildman–Crippen LogP) is 3.94. The second-order valence-corrected chi connectivity index (χ2v) is 7.17. The molecule has 2 heterocycles. The Kier molecular flexibility index (Phi) is 6.22. The summed E-state index contributed by atoms with van der Waals surface area (Å²) in [5.74, 6) is 0.420. The summed E-state index contributed by atoms with van der Waals surface area (Å²) < 4.78 is 17.0. The van der Waals surface area contributed by atoms with Gasteiger partial charge in [0.1, 0.15) is 6.20 Å². The van der Waals surface area contributed by atoms with E-state index in [0.717, 1.165) is 11.2 Å². The lowest BCUT2D eigenvalue weighted by atomic mass is 10.1. The van der Waals surface area contributed by atoms with Crippen molar-refractivity contribution < 1.29 is 28.9 Å². The fourth-order valence-electron chi connectivity index (χ4n) is 3.20. The molecule has 35 heavy (non-hydrogen) atoms. The van der Waals surface area contributed by atoms with Gasteiger partial charge in [-0.25, -0.2) is 4.98 Å². The van der Waals surface area contributed by atoms with E-state index in [2.05, 4.69) is 10.1 Å². The largest absolute Gasteiger partial charge is 0.493 e. The number of nitrogens with zero attached hydrogens (tertiary/aromatic N) is 5. The van der Waals surface area contributed by atoms with Crippen LogP contribution in [0.15, 0.2) is 65.9 Å². The third kappa shape index (κ3) is 4.83. The Balaban J connectivity index is 1.58. The highest BCUT2D eigenvalue weighted by Gasteiger charge is 2.34. The molecule has 0 spiro atoms. The number of hydrazone groups is 1. The summed E-state index contributed by atoms with van der Waals surface area (Å²) in [6.07, 6.45) is 0.155. The third-order valence-corrected chi connectivity index (χ3v) is 4.91. The van der Waals surface area contributed by atoms with Gasteiger partial charge in [-0.1, -0.05) is 0 Å². The van der Waals surface area contributed by atoms with Crippen molar-refractivity contribution in [1.29, 1.82) is 0 Å². The molecule has 1 aliphatic rings. The van der Waals surface area contributed by atoms with Gasteiger partial charge in [0.25, 0.3) is 11.4 Å². The summed E-state index contributed by atoms with van der Waals surface area (Å²) >= 11 is 0. The van der Waals surface area contributed by atoms with E-state index in [0.29, 0.717) is 16.9 Å². The van der Waals surface area contributed by atoms with E-state index >= 15 is 0 Å². The number of methoxy groups -OCH3 is 1. The van der Waals surface area contributed by atoms with Crippen LogP contribution in [0, 0.1) is 20.2 Å². The van der Waals surface area contributed by atoms with E-state index in [1.54, 1.807) is 18.2 Å². The van der Waals surface area contributed by atoms with Gasteiger partial charge in [-0.2, -0.15) is 5.01 Å². The van der Waals surface area contributed by atoms with Gasteiger partial charge in [0.05, 0.1) is 17.0 Å². The molecule has 178 valence electrons. The number of rotatable bonds is 7. The lowest BCUT2D eigenvalue weighted by Gasteiger charge is -2.20. The van der Waals surface area contributed by atoms with Gasteiger partial charge < -0.3 is 14.2 Å². The molecule has 0 aliphatic carbocycles. The monoisotopic (exact) mass is 479 g/mol. The number of amides is 1. The number of nitro groups is 2. The van der Waals surface area contributed by atoms with E-state index in [-0.39, 0.29) is 34.8 Å². The summed E-state index contributed by atoms with van der Waals surface area (Å²) in [4.78, 5) is 36.7. The van der Waals surface area contributed by atoms with Crippen molar-refractivity contribution in [2.24, 2.45) is 5.10 Å². The van der Waals surface area contributed by atoms with E-state index < -0.39 is 16.1 Å². The maximum Gasteiger partial charge on any atom is 0.287 e. The van der Waals surface area contributed by atoms with Gasteiger partial charge in [0.15, 0.2) is 11.5 Å². The molecule has 13 nitrogen and oxygen atoms in total. The predicted molar refractivity (Wildman–Crippen MR) is 120 cm³/mol. The Labute approximate surface area is 197 Å². The molecule has 1 aliphatic heterocycles. The minimum absolute atomic E-state index is 0.0878. The first-order valence-electron chi connectivity index (χ1n) is 10.0. The molecule has 0 saturated carbocycles. The van der Waals surface area contributed by atoms with Crippen molar-refractivity contribution in [3.8, 4) is 17.4 Å². The molecule has 2 aromatic carbocycles. The van der Waals surface area contributed by atoms with Crippen LogP contribution in [0.5, 0.6) is 17.4 Å². The van der Waals surface area contributed by atoms with Gasteiger partial charge in [-0.15, -0.1) is 5.10 Å². The first-order chi connectivity index (χ1) is 16.8. The molecule has 0 bridgehead atoms. The number of hydrogen-bond donors (Lipinski definition) is 0. The average molecular weight is 479 g/mol. The number of hydrogen-bond acceptors (Lipinski definition) is 10. The zero-order valence-corrected chi connectivity index (χ0v) is 18.4. The Hall–Kier alpha value is -5.07. The summed E-state index contributed by atoms with van der Waals surface area (Å²) in [6, 6.07) is 13.0. The number of aromatic nitrogens is 1. The number of ether oxygens (including phenoxy) is 3. The number of benzene rings is 2. The van der Waals surface area contributed by atoms with Crippen LogP contribution >= 0.6 is 0 Å². The molecule has 1 amide bonds. The first-order valence-corrected chi connectivity index (χ1v) is 10.0. The number of non-ortho nitro benzene ring substituents is 1. The first kappa shape index (κ1) is 23.1. The quantitative estimate of drug-likeness (QED) is 0.361. The molecule has 0 fully saturated rings. The maximum absolute atomic E-state index is 12.2. The second-order valence-electron chi connectivity index (χ2n) is 7.17. The number of nitro benzene ring substituents is 1. The van der Waals surface area contributed by atoms with Crippen LogP contribution in [0.3, 0.4) is 0 Å². The molecular weight excluding hydrogens is 462 g/mol. The van der Waals surface area contributed by atoms with Crippen molar-refractivity contribution in [1.82, 2.24) is 9.99 Å². The Bertz CT molecular complexity index is 1320. The van der Waals surface area contributed by atoms with E-state index in [4.69, 9.17) is 14.2 Å². The third-order valence-electron chi connectivity index (χ3n) is 4.91. The van der Waals surface area contributed by atoms with Crippen LogP contribution in [-0.4, -0.2) is 38.8 Å². The van der Waals surface area contributed by atoms with Crippen LogP contribution in [0.4, 0.5) is 11.4 Å². The summed E-state index contributed by atoms with van der Waals surface area (Å²) in [6.45, 7) is 1.33. The molecule has 0 radical (unpaired) electrons. The molecule has 1 atom stereocenters. The Morgan fingerprint density at radius 2 is 1.69 bits per heavy atom. The maximum atomic E-state index is 12.2. The van der Waals surface area contributed by atoms with Gasteiger partial charge >= 0.3 is 0 Å². The number of carbonyl (C=O) groups is 1. The molecule has 0 N–H and O–H groups in total. The standard InChI is InChI=1S/C22H17N5O8/c1-13(28)25-22(35-21(24-25)14-3-6-16(7-4-14)26(29)30)15-5-9-18(19(11-15)33-2)34-20-10-8-17(12-23-20)27(31)32/h3-12,22H,1-2H3/t22-/m1/s1. The fraction of sp³-hybridized carbons (Fsp3) is 0.136. The zero-order valence-electron chi connectivity index (χ0n) is 18.4. The Morgan fingerprint density at radius 1 is 1.00 bits per heavy atom. The summed E-state index contributed by atoms with van der Waals surface area (Å²) in [5.41, 5.74) is 0.712. The topological polar surface area (TPSA) is 160 Å². The molecule has 0 unspecified atom stereocenters. The minimum atomic E-state index is -0.918. The van der Waals surface area contributed by atoms with Gasteiger partial charge in [0, 0.05) is 42.3 Å². The lowest BCUT2D eigenvalue weighted by Crippen LogP contribution is -2.25. The van der Waals surface area contributed by atoms with Gasteiger partial charge in [-0.3, -0.25) is 25.0 Å². The normalized spacial score (nSPS) is 14.6. The number of carbonyl (C=O) groups excluding carboxylic acids is 1. The fourth-order valence-corrected chi connectivity index (χ4v) is 3.20. The van der Waals surface area contributed by atoms with Crippen LogP contribution in [0.2, 0.25) is 0 Å². The van der Waals surface area contributed by atoms with Crippen molar-refractivity contribution in [2.75, 3.05) is 7.11 Å². The van der Waals surface area contributed by atoms with Crippen LogP contribution < -0.4 is 9.47 Å². The smallest absolute Gasteiger partial charge is 0.287 e. The highest BCUT2D eigenvalue weighted by molar-refractivity contribution is 5.96. The van der Waals surface area contributed by atoms with Crippen molar-refractivity contribution in [2.45, 2.75) is 13.2 Å². The molecular formula is C22H17N5O8. The summed E-state index contributed by atoms with van der Waals surface area (Å²) in [7, 11) is 1.42. The second kappa shape index (κ2) is 9.43. The van der Waals surface area contributed by atoms with Crippen LogP contribution in [0.1, 0.15) is 24.3 Å². The molecule has 0 saturated heterocycles. The van der Waals surface area contributed by atoms with Crippen molar-refractivity contribution in [3.63, 3.8) is 0 Å². The van der Waals surface area contributed by atoms with Crippen molar-refractivity contribution >= 4 is 23.2 Å². The van der Waals surface area contributed by atoms with E-state index in [1.807, 2.05) is 0 Å². The molecule has 4 rings (SSSR count). The van der Waals surface area contributed by atoms with E-state index in [1.165, 1.54) is 50.4 Å². The summed E-state index contributed by atoms with van der Waals surface area (Å²) in [5, 5.41) is 27.1. The van der Waals surface area contributed by atoms with Crippen LogP contribution in [-0.2, 0) is 9.53 Å². The zero-order chi connectivity index (χ0) is 25.1. The molecule has 13 heteroatoms. The minimum Gasteiger partial charge on any atom is -0.493 e. The lowest BCUT2D eigenvalue weighted by molar-refractivity contribution is -0.385. The average Bonchev–Trinajstić information content (AvgIpc) is 3.30. The molecule has 3 aromatic rings. The van der Waals surface area contributed by atoms with E-state index in [9.17, 15) is 25.0 Å². The highest BCUT2D eigenvalue weighted by atomic mass is 16.6.